The van der Waals surface area contributed by atoms with Crippen molar-refractivity contribution in [1.29, 1.82) is 0 Å². The van der Waals surface area contributed by atoms with Gasteiger partial charge in [-0.1, -0.05) is 18.2 Å². The first kappa shape index (κ1) is 9.21. The van der Waals surface area contributed by atoms with E-state index in [1.54, 1.807) is 0 Å². The average molecular weight is 210 g/mol. The molecule has 0 amide bonds. The minimum absolute atomic E-state index is 0.256. The van der Waals surface area contributed by atoms with Crippen LogP contribution in [0, 0.1) is 0 Å². The van der Waals surface area contributed by atoms with Crippen LogP contribution in [0.25, 0.3) is 11.5 Å². The summed E-state index contributed by atoms with van der Waals surface area (Å²) >= 11 is 0.884. The highest BCUT2D eigenvalue weighted by molar-refractivity contribution is 7.98. The molecular formula is C9H7FN2OS. The second kappa shape index (κ2) is 4.23. The summed E-state index contributed by atoms with van der Waals surface area (Å²) in [4.78, 5) is 0. The van der Waals surface area contributed by atoms with Crippen LogP contribution in [0.4, 0.5) is 4.39 Å². The number of nitrogens with zero attached hydrogens (tertiary/aromatic N) is 2. The molecule has 3 nitrogen and oxygen atoms in total. The van der Waals surface area contributed by atoms with Crippen molar-refractivity contribution in [2.24, 2.45) is 0 Å². The lowest BCUT2D eigenvalue weighted by Crippen LogP contribution is -1.75. The number of hydrogen-bond donors (Lipinski definition) is 0. The molecule has 0 radical (unpaired) electrons. The summed E-state index contributed by atoms with van der Waals surface area (Å²) in [5.41, 5.74) is 0.839. The molecule has 0 atom stereocenters. The quantitative estimate of drug-likeness (QED) is 0.730. The summed E-state index contributed by atoms with van der Waals surface area (Å²) in [6, 6.07) is 8.81. The summed E-state index contributed by atoms with van der Waals surface area (Å²) in [5.74, 6) is 0.418. The highest BCUT2D eigenvalue weighted by Gasteiger charge is 2.07. The second-order valence-electron chi connectivity index (χ2n) is 2.49. The fraction of sp³-hybridized carbons (Fsp3) is 0.111. The van der Waals surface area contributed by atoms with Crippen LogP contribution in [0.3, 0.4) is 0 Å². The molecule has 0 saturated heterocycles. The minimum Gasteiger partial charge on any atom is -0.411 e. The maximum atomic E-state index is 11.9. The highest BCUT2D eigenvalue weighted by atomic mass is 32.2. The van der Waals surface area contributed by atoms with E-state index in [9.17, 15) is 4.39 Å². The van der Waals surface area contributed by atoms with Gasteiger partial charge in [-0.3, -0.25) is 0 Å². The zero-order valence-electron chi connectivity index (χ0n) is 7.18. The highest BCUT2D eigenvalue weighted by Crippen LogP contribution is 2.22. The summed E-state index contributed by atoms with van der Waals surface area (Å²) in [5, 5.41) is 7.75. The lowest BCUT2D eigenvalue weighted by atomic mass is 10.2. The number of aromatic nitrogens is 2. The van der Waals surface area contributed by atoms with Crippen molar-refractivity contribution in [2.45, 2.75) is 5.22 Å². The Labute approximate surface area is 84.3 Å². The van der Waals surface area contributed by atoms with Gasteiger partial charge in [-0.2, -0.15) is 0 Å². The number of halogens is 1. The molecule has 1 aromatic heterocycles. The Hall–Kier alpha value is -1.36. The molecule has 14 heavy (non-hydrogen) atoms. The maximum Gasteiger partial charge on any atom is 0.279 e. The lowest BCUT2D eigenvalue weighted by molar-refractivity contribution is 0.462. The Morgan fingerprint density at radius 3 is 2.71 bits per heavy atom. The van der Waals surface area contributed by atoms with E-state index in [-0.39, 0.29) is 5.22 Å². The molecule has 5 heteroatoms. The molecule has 0 bridgehead atoms. The van der Waals surface area contributed by atoms with E-state index in [4.69, 9.17) is 4.42 Å². The number of thioether (sulfide) groups is 1. The summed E-state index contributed by atoms with van der Waals surface area (Å²) in [6.45, 7) is 0. The molecule has 0 aliphatic rings. The fourth-order valence-corrected chi connectivity index (χ4v) is 1.34. The van der Waals surface area contributed by atoms with Crippen molar-refractivity contribution in [3.8, 4) is 11.5 Å². The third kappa shape index (κ3) is 1.93. The van der Waals surface area contributed by atoms with Crippen molar-refractivity contribution < 1.29 is 8.81 Å². The molecule has 0 aliphatic heterocycles. The van der Waals surface area contributed by atoms with Crippen LogP contribution in [-0.4, -0.2) is 16.2 Å². The maximum absolute atomic E-state index is 11.9. The van der Waals surface area contributed by atoms with Crippen LogP contribution in [0.5, 0.6) is 0 Å². The summed E-state index contributed by atoms with van der Waals surface area (Å²) in [6.07, 6.45) is 0. The summed E-state index contributed by atoms with van der Waals surface area (Å²) < 4.78 is 17.1. The number of hydrogen-bond acceptors (Lipinski definition) is 4. The van der Waals surface area contributed by atoms with Gasteiger partial charge in [-0.15, -0.1) is 10.2 Å². The zero-order chi connectivity index (χ0) is 9.80. The molecule has 0 saturated carbocycles. The fourth-order valence-electron chi connectivity index (χ4n) is 1.01. The topological polar surface area (TPSA) is 38.9 Å². The van der Waals surface area contributed by atoms with E-state index in [0.717, 1.165) is 17.3 Å². The van der Waals surface area contributed by atoms with Crippen LogP contribution in [0.2, 0.25) is 0 Å². The third-order valence-corrected chi connectivity index (χ3v) is 2.13. The zero-order valence-corrected chi connectivity index (χ0v) is 8.00. The van der Waals surface area contributed by atoms with Gasteiger partial charge in [0.25, 0.3) is 5.22 Å². The Morgan fingerprint density at radius 1 is 1.21 bits per heavy atom. The van der Waals surface area contributed by atoms with Crippen molar-refractivity contribution in [2.75, 3.05) is 6.01 Å². The van der Waals surface area contributed by atoms with E-state index in [1.807, 2.05) is 30.3 Å². The first-order chi connectivity index (χ1) is 6.90. The molecule has 0 aliphatic carbocycles. The monoisotopic (exact) mass is 210 g/mol. The van der Waals surface area contributed by atoms with Gasteiger partial charge < -0.3 is 4.42 Å². The summed E-state index contributed by atoms with van der Waals surface area (Å²) in [7, 11) is 0. The standard InChI is InChI=1S/C9H7FN2OS/c10-6-14-9-12-11-8(13-9)7-4-2-1-3-5-7/h1-5H,6H2. The number of alkyl halides is 1. The Morgan fingerprint density at radius 2 is 2.00 bits per heavy atom. The van der Waals surface area contributed by atoms with E-state index < -0.39 is 6.01 Å². The third-order valence-electron chi connectivity index (χ3n) is 1.61. The van der Waals surface area contributed by atoms with E-state index in [2.05, 4.69) is 10.2 Å². The molecule has 0 fully saturated rings. The molecule has 1 heterocycles. The Bertz CT molecular complexity index is 404. The smallest absolute Gasteiger partial charge is 0.279 e. The van der Waals surface area contributed by atoms with Crippen molar-refractivity contribution in [1.82, 2.24) is 10.2 Å². The first-order valence-corrected chi connectivity index (χ1v) is 4.96. The normalized spacial score (nSPS) is 10.4. The molecule has 0 spiro atoms. The van der Waals surface area contributed by atoms with Crippen LogP contribution < -0.4 is 0 Å². The van der Waals surface area contributed by atoms with Crippen LogP contribution >= 0.6 is 11.8 Å². The van der Waals surface area contributed by atoms with Crippen molar-refractivity contribution in [3.63, 3.8) is 0 Å². The van der Waals surface area contributed by atoms with E-state index >= 15 is 0 Å². The largest absolute Gasteiger partial charge is 0.411 e. The SMILES string of the molecule is FCSc1nnc(-c2ccccc2)o1. The predicted octanol–water partition coefficient (Wildman–Crippen LogP) is 2.76. The second-order valence-corrected chi connectivity index (χ2v) is 3.35. The molecule has 2 aromatic rings. The van der Waals surface area contributed by atoms with Crippen molar-refractivity contribution in [3.05, 3.63) is 30.3 Å². The Balaban J connectivity index is 2.25. The van der Waals surface area contributed by atoms with Crippen molar-refractivity contribution >= 4 is 11.8 Å². The minimum atomic E-state index is -0.559. The number of rotatable bonds is 3. The first-order valence-electron chi connectivity index (χ1n) is 3.98. The van der Waals surface area contributed by atoms with Gasteiger partial charge in [0, 0.05) is 5.56 Å². The van der Waals surface area contributed by atoms with E-state index in [0.29, 0.717) is 5.89 Å². The van der Waals surface area contributed by atoms with Crippen LogP contribution in [0.15, 0.2) is 40.0 Å². The molecule has 0 unspecified atom stereocenters. The molecule has 1 aromatic carbocycles. The molecular weight excluding hydrogens is 203 g/mol. The lowest BCUT2D eigenvalue weighted by Gasteiger charge is -1.91. The van der Waals surface area contributed by atoms with Gasteiger partial charge >= 0.3 is 0 Å². The van der Waals surface area contributed by atoms with Gasteiger partial charge in [-0.05, 0) is 23.9 Å². The van der Waals surface area contributed by atoms with Crippen LogP contribution in [-0.2, 0) is 0 Å². The number of benzene rings is 1. The van der Waals surface area contributed by atoms with Crippen LogP contribution in [0.1, 0.15) is 0 Å². The predicted molar refractivity (Wildman–Crippen MR) is 51.6 cm³/mol. The Kier molecular flexibility index (Phi) is 2.78. The molecule has 2 rings (SSSR count). The van der Waals surface area contributed by atoms with Gasteiger partial charge in [0.15, 0.2) is 0 Å². The molecule has 0 N–H and O–H groups in total. The van der Waals surface area contributed by atoms with E-state index in [1.165, 1.54) is 0 Å². The van der Waals surface area contributed by atoms with Gasteiger partial charge in [0.2, 0.25) is 5.89 Å². The van der Waals surface area contributed by atoms with Gasteiger partial charge in [-0.25, -0.2) is 4.39 Å². The molecule has 72 valence electrons. The van der Waals surface area contributed by atoms with Gasteiger partial charge in [0.05, 0.1) is 0 Å². The average Bonchev–Trinajstić information content (AvgIpc) is 2.68. The van der Waals surface area contributed by atoms with Gasteiger partial charge in [0.1, 0.15) is 6.01 Å².